The average molecular weight is 427 g/mol. The minimum absolute atomic E-state index is 0.109. The third-order valence-electron chi connectivity index (χ3n) is 5.01. The zero-order valence-electron chi connectivity index (χ0n) is 16.0. The second-order valence-electron chi connectivity index (χ2n) is 6.74. The Hall–Kier alpha value is -1.91. The third-order valence-corrected chi connectivity index (χ3v) is 7.00. The number of carbonyl (C=O) groups excluding carboxylic acids is 1. The Morgan fingerprint density at radius 2 is 1.86 bits per heavy atom. The van der Waals surface area contributed by atoms with Gasteiger partial charge in [0.2, 0.25) is 10.0 Å². The van der Waals surface area contributed by atoms with E-state index in [0.29, 0.717) is 42.5 Å². The SMILES string of the molecule is CSc1ncc(C(=O)N2CCC(N(C)S(C)(=O)=O)CC2)n1-c1ccc(F)cc1. The van der Waals surface area contributed by atoms with Crippen LogP contribution in [0.1, 0.15) is 23.3 Å². The molecule has 152 valence electrons. The average Bonchev–Trinajstić information content (AvgIpc) is 3.11. The lowest BCUT2D eigenvalue weighted by molar-refractivity contribution is 0.0677. The number of benzene rings is 1. The third kappa shape index (κ3) is 4.23. The number of thioether (sulfide) groups is 1. The second-order valence-corrected chi connectivity index (χ2v) is 9.56. The van der Waals surface area contributed by atoms with Gasteiger partial charge in [0.15, 0.2) is 5.16 Å². The summed E-state index contributed by atoms with van der Waals surface area (Å²) < 4.78 is 39.9. The number of amides is 1. The molecule has 2 heterocycles. The van der Waals surface area contributed by atoms with Gasteiger partial charge in [-0.25, -0.2) is 22.1 Å². The first-order chi connectivity index (χ1) is 13.2. The summed E-state index contributed by atoms with van der Waals surface area (Å²) in [6, 6.07) is 5.81. The zero-order valence-corrected chi connectivity index (χ0v) is 17.6. The van der Waals surface area contributed by atoms with Crippen LogP contribution in [0.4, 0.5) is 4.39 Å². The standard InChI is InChI=1S/C18H23FN4O3S2/c1-21(28(3,25)26)14-8-10-22(11-9-14)17(24)16-12-20-18(27-2)23(16)15-6-4-13(19)5-7-15/h4-7,12,14H,8-11H2,1-3H3. The number of piperidine rings is 1. The maximum atomic E-state index is 13.3. The molecule has 0 N–H and O–H groups in total. The number of nitrogens with zero attached hydrogens (tertiary/aromatic N) is 4. The van der Waals surface area contributed by atoms with Gasteiger partial charge < -0.3 is 4.90 Å². The number of imidazole rings is 1. The Kier molecular flexibility index (Phi) is 6.11. The number of rotatable bonds is 5. The highest BCUT2D eigenvalue weighted by Crippen LogP contribution is 2.25. The van der Waals surface area contributed by atoms with E-state index in [1.54, 1.807) is 28.6 Å². The van der Waals surface area contributed by atoms with Gasteiger partial charge in [-0.2, -0.15) is 0 Å². The van der Waals surface area contributed by atoms with Gasteiger partial charge in [-0.05, 0) is 43.4 Å². The predicted molar refractivity (Wildman–Crippen MR) is 107 cm³/mol. The normalized spacial score (nSPS) is 16.0. The van der Waals surface area contributed by atoms with Gasteiger partial charge in [-0.3, -0.25) is 9.36 Å². The molecule has 0 saturated carbocycles. The molecule has 10 heteroatoms. The van der Waals surface area contributed by atoms with Gasteiger partial charge in [-0.15, -0.1) is 0 Å². The number of hydrogen-bond donors (Lipinski definition) is 0. The Morgan fingerprint density at radius 1 is 1.25 bits per heavy atom. The van der Waals surface area contributed by atoms with Crippen LogP contribution >= 0.6 is 11.8 Å². The molecule has 28 heavy (non-hydrogen) atoms. The quantitative estimate of drug-likeness (QED) is 0.686. The van der Waals surface area contributed by atoms with E-state index >= 15 is 0 Å². The van der Waals surface area contributed by atoms with Crippen molar-refractivity contribution in [3.8, 4) is 5.69 Å². The van der Waals surface area contributed by atoms with Gasteiger partial charge in [0, 0.05) is 31.9 Å². The number of sulfonamides is 1. The van der Waals surface area contributed by atoms with Crippen molar-refractivity contribution in [3.05, 3.63) is 42.0 Å². The van der Waals surface area contributed by atoms with Crippen LogP contribution in [-0.4, -0.2) is 71.8 Å². The molecule has 1 aromatic carbocycles. The van der Waals surface area contributed by atoms with E-state index in [2.05, 4.69) is 4.98 Å². The van der Waals surface area contributed by atoms with E-state index in [-0.39, 0.29) is 17.8 Å². The van der Waals surface area contributed by atoms with Gasteiger partial charge in [0.1, 0.15) is 11.5 Å². The number of hydrogen-bond acceptors (Lipinski definition) is 5. The molecule has 0 unspecified atom stereocenters. The lowest BCUT2D eigenvalue weighted by Crippen LogP contribution is -2.47. The topological polar surface area (TPSA) is 75.5 Å². The van der Waals surface area contributed by atoms with E-state index in [9.17, 15) is 17.6 Å². The smallest absolute Gasteiger partial charge is 0.272 e. The molecule has 2 aromatic rings. The monoisotopic (exact) mass is 426 g/mol. The molecule has 1 saturated heterocycles. The Morgan fingerprint density at radius 3 is 2.39 bits per heavy atom. The minimum atomic E-state index is -3.26. The summed E-state index contributed by atoms with van der Waals surface area (Å²) in [6.45, 7) is 0.930. The number of carbonyl (C=O) groups is 1. The van der Waals surface area contributed by atoms with E-state index in [1.165, 1.54) is 40.7 Å². The zero-order chi connectivity index (χ0) is 20.5. The summed E-state index contributed by atoms with van der Waals surface area (Å²) >= 11 is 1.40. The lowest BCUT2D eigenvalue weighted by Gasteiger charge is -2.35. The molecule has 3 rings (SSSR count). The maximum Gasteiger partial charge on any atom is 0.272 e. The highest BCUT2D eigenvalue weighted by Gasteiger charge is 2.31. The molecule has 1 aliphatic rings. The molecule has 1 amide bonds. The summed E-state index contributed by atoms with van der Waals surface area (Å²) in [4.78, 5) is 19.2. The van der Waals surface area contributed by atoms with Crippen molar-refractivity contribution < 1.29 is 17.6 Å². The highest BCUT2D eigenvalue weighted by atomic mass is 32.2. The minimum Gasteiger partial charge on any atom is -0.337 e. The second kappa shape index (κ2) is 8.22. The largest absolute Gasteiger partial charge is 0.337 e. The van der Waals surface area contributed by atoms with Crippen LogP contribution in [-0.2, 0) is 10.0 Å². The van der Waals surface area contributed by atoms with Crippen molar-refractivity contribution in [2.24, 2.45) is 0 Å². The van der Waals surface area contributed by atoms with Crippen LogP contribution in [0.2, 0.25) is 0 Å². The molecule has 7 nitrogen and oxygen atoms in total. The summed E-state index contributed by atoms with van der Waals surface area (Å²) in [6.07, 6.45) is 5.75. The number of likely N-dealkylation sites (tertiary alicyclic amines) is 1. The first kappa shape index (κ1) is 20.8. The van der Waals surface area contributed by atoms with Crippen molar-refractivity contribution >= 4 is 27.7 Å². The van der Waals surface area contributed by atoms with Crippen LogP contribution in [0.3, 0.4) is 0 Å². The van der Waals surface area contributed by atoms with Crippen LogP contribution < -0.4 is 0 Å². The van der Waals surface area contributed by atoms with Crippen molar-refractivity contribution in [1.29, 1.82) is 0 Å². The Balaban J connectivity index is 1.81. The first-order valence-corrected chi connectivity index (χ1v) is 11.9. The molecule has 0 bridgehead atoms. The first-order valence-electron chi connectivity index (χ1n) is 8.82. The van der Waals surface area contributed by atoms with E-state index in [4.69, 9.17) is 0 Å². The number of halogens is 1. The predicted octanol–water partition coefficient (Wildman–Crippen LogP) is 2.23. The van der Waals surface area contributed by atoms with Crippen molar-refractivity contribution in [2.45, 2.75) is 24.0 Å². The Labute approximate surface area is 168 Å². The van der Waals surface area contributed by atoms with E-state index in [1.807, 2.05) is 6.26 Å². The molecule has 0 aliphatic carbocycles. The highest BCUT2D eigenvalue weighted by molar-refractivity contribution is 7.98. The summed E-state index contributed by atoms with van der Waals surface area (Å²) in [5, 5.41) is 0.640. The van der Waals surface area contributed by atoms with Crippen LogP contribution in [0, 0.1) is 5.82 Å². The van der Waals surface area contributed by atoms with Gasteiger partial charge in [0.25, 0.3) is 5.91 Å². The summed E-state index contributed by atoms with van der Waals surface area (Å²) in [5.74, 6) is -0.517. The molecule has 0 radical (unpaired) electrons. The van der Waals surface area contributed by atoms with Gasteiger partial charge >= 0.3 is 0 Å². The van der Waals surface area contributed by atoms with Crippen molar-refractivity contribution in [1.82, 2.24) is 18.8 Å². The van der Waals surface area contributed by atoms with Crippen LogP contribution in [0.25, 0.3) is 5.69 Å². The molecule has 1 aliphatic heterocycles. The van der Waals surface area contributed by atoms with Crippen LogP contribution in [0.5, 0.6) is 0 Å². The number of aromatic nitrogens is 2. The molecule has 0 spiro atoms. The van der Waals surface area contributed by atoms with Gasteiger partial charge in [-0.1, -0.05) is 11.8 Å². The van der Waals surface area contributed by atoms with E-state index < -0.39 is 10.0 Å². The van der Waals surface area contributed by atoms with E-state index in [0.717, 1.165) is 0 Å². The van der Waals surface area contributed by atoms with Gasteiger partial charge in [0.05, 0.1) is 12.5 Å². The molecule has 1 aromatic heterocycles. The molecule has 1 fully saturated rings. The maximum absolute atomic E-state index is 13.3. The fourth-order valence-corrected chi connectivity index (χ4v) is 4.63. The van der Waals surface area contributed by atoms with Crippen LogP contribution in [0.15, 0.2) is 35.6 Å². The fourth-order valence-electron chi connectivity index (χ4n) is 3.33. The summed E-state index contributed by atoms with van der Waals surface area (Å²) in [7, 11) is -1.68. The molecular weight excluding hydrogens is 403 g/mol. The summed E-state index contributed by atoms with van der Waals surface area (Å²) in [5.41, 5.74) is 1.07. The van der Waals surface area contributed by atoms with Crippen molar-refractivity contribution in [3.63, 3.8) is 0 Å². The van der Waals surface area contributed by atoms with Crippen molar-refractivity contribution in [2.75, 3.05) is 32.6 Å². The lowest BCUT2D eigenvalue weighted by atomic mass is 10.1. The Bertz CT molecular complexity index is 952. The fraction of sp³-hybridized carbons (Fsp3) is 0.444. The molecular formula is C18H23FN4O3S2. The molecule has 0 atom stereocenters.